The zero-order valence-corrected chi connectivity index (χ0v) is 22.9. The molecule has 0 bridgehead atoms. The van der Waals surface area contributed by atoms with Crippen LogP contribution in [-0.2, 0) is 4.79 Å². The number of fused-ring (bicyclic) bond motifs is 1. The maximum atomic E-state index is 13.2. The standard InChI is InChI=1S/C17H16N2O2.C9H8F2N2O3.C3H8/c1-11-7-8-12(17-16(11)18-9-10-19-17)15-13(20-2)5-4-6-14(15)21-3;10-5-1-4(12)2-6(11)8(5)9(16)13-3-7(14)15;1-3-2/h4-10H,1-3H3;1-2H,3,12H2,(H,13,16)(H,14,15);3H2,1-2H3. The monoisotopic (exact) mass is 554 g/mol. The number of ether oxygens (including phenoxy) is 2. The van der Waals surface area contributed by atoms with E-state index in [0.29, 0.717) is 0 Å². The summed E-state index contributed by atoms with van der Waals surface area (Å²) in [6.07, 6.45) is 4.66. The third-order valence-corrected chi connectivity index (χ3v) is 5.22. The van der Waals surface area contributed by atoms with Gasteiger partial charge in [0.1, 0.15) is 35.2 Å². The van der Waals surface area contributed by atoms with E-state index >= 15 is 0 Å². The van der Waals surface area contributed by atoms with Crippen molar-refractivity contribution in [1.82, 2.24) is 15.3 Å². The van der Waals surface area contributed by atoms with Gasteiger partial charge in [-0.1, -0.05) is 38.5 Å². The van der Waals surface area contributed by atoms with Gasteiger partial charge >= 0.3 is 5.97 Å². The second-order valence-electron chi connectivity index (χ2n) is 8.36. The molecule has 4 aromatic rings. The van der Waals surface area contributed by atoms with E-state index < -0.39 is 35.6 Å². The van der Waals surface area contributed by atoms with Crippen molar-refractivity contribution < 1.29 is 33.0 Å². The van der Waals surface area contributed by atoms with Gasteiger partial charge in [-0.25, -0.2) is 8.78 Å². The highest BCUT2D eigenvalue weighted by atomic mass is 19.1. The highest BCUT2D eigenvalue weighted by molar-refractivity contribution is 5.97. The number of aromatic nitrogens is 2. The molecule has 212 valence electrons. The number of nitrogen functional groups attached to an aromatic ring is 1. The third kappa shape index (κ3) is 7.85. The molecule has 0 aliphatic rings. The molecule has 9 nitrogen and oxygen atoms in total. The number of rotatable bonds is 6. The van der Waals surface area contributed by atoms with Crippen molar-refractivity contribution in [2.75, 3.05) is 26.5 Å². The number of carboxylic acid groups (broad SMARTS) is 1. The van der Waals surface area contributed by atoms with Crippen molar-refractivity contribution in [1.29, 1.82) is 0 Å². The minimum atomic E-state index is -1.32. The fourth-order valence-electron chi connectivity index (χ4n) is 3.56. The van der Waals surface area contributed by atoms with E-state index in [1.165, 1.54) is 6.42 Å². The molecule has 1 aromatic heterocycles. The molecule has 0 saturated heterocycles. The molecule has 0 saturated carbocycles. The zero-order chi connectivity index (χ0) is 29.8. The van der Waals surface area contributed by atoms with Gasteiger partial charge in [-0.2, -0.15) is 0 Å². The molecule has 0 unspecified atom stereocenters. The van der Waals surface area contributed by atoms with Crippen LogP contribution >= 0.6 is 0 Å². The predicted molar refractivity (Wildman–Crippen MR) is 150 cm³/mol. The molecule has 11 heteroatoms. The van der Waals surface area contributed by atoms with E-state index in [9.17, 15) is 18.4 Å². The molecule has 0 spiro atoms. The lowest BCUT2D eigenvalue weighted by atomic mass is 9.99. The predicted octanol–water partition coefficient (Wildman–Crippen LogP) is 5.40. The first-order valence-corrected chi connectivity index (χ1v) is 12.3. The second-order valence-corrected chi connectivity index (χ2v) is 8.36. The maximum absolute atomic E-state index is 13.2. The number of carbonyl (C=O) groups excluding carboxylic acids is 1. The van der Waals surface area contributed by atoms with E-state index in [1.807, 2.05) is 42.6 Å². The van der Waals surface area contributed by atoms with Crippen LogP contribution in [0.3, 0.4) is 0 Å². The highest BCUT2D eigenvalue weighted by Crippen LogP contribution is 2.41. The van der Waals surface area contributed by atoms with Crippen LogP contribution in [-0.4, -0.2) is 47.7 Å². The average Bonchev–Trinajstić information content (AvgIpc) is 2.92. The van der Waals surface area contributed by atoms with Gasteiger partial charge in [0, 0.05) is 23.6 Å². The van der Waals surface area contributed by atoms with Crippen LogP contribution in [0.5, 0.6) is 11.5 Å². The van der Waals surface area contributed by atoms with Gasteiger partial charge < -0.3 is 25.6 Å². The molecule has 0 radical (unpaired) electrons. The highest BCUT2D eigenvalue weighted by Gasteiger charge is 2.19. The summed E-state index contributed by atoms with van der Waals surface area (Å²) in [7, 11) is 3.31. The van der Waals surface area contributed by atoms with Gasteiger partial charge in [0.05, 0.1) is 30.8 Å². The quantitative estimate of drug-likeness (QED) is 0.270. The van der Waals surface area contributed by atoms with Gasteiger partial charge in [0.2, 0.25) is 0 Å². The summed E-state index contributed by atoms with van der Waals surface area (Å²) in [5.74, 6) is -3.22. The van der Waals surface area contributed by atoms with Crippen molar-refractivity contribution in [3.8, 4) is 22.6 Å². The largest absolute Gasteiger partial charge is 0.496 e. The van der Waals surface area contributed by atoms with E-state index in [1.54, 1.807) is 26.6 Å². The Labute approximate surface area is 231 Å². The van der Waals surface area contributed by atoms with E-state index in [4.69, 9.17) is 20.3 Å². The van der Waals surface area contributed by atoms with Crippen molar-refractivity contribution in [3.05, 3.63) is 77.6 Å². The minimum Gasteiger partial charge on any atom is -0.496 e. The first-order valence-electron chi connectivity index (χ1n) is 12.3. The van der Waals surface area contributed by atoms with Crippen molar-refractivity contribution in [3.63, 3.8) is 0 Å². The van der Waals surface area contributed by atoms with E-state index in [0.717, 1.165) is 51.4 Å². The minimum absolute atomic E-state index is 0.162. The molecular weight excluding hydrogens is 522 g/mol. The number of hydrogen-bond donors (Lipinski definition) is 3. The average molecular weight is 555 g/mol. The van der Waals surface area contributed by atoms with Gasteiger partial charge in [-0.05, 0) is 36.8 Å². The van der Waals surface area contributed by atoms with Gasteiger partial charge in [-0.3, -0.25) is 19.6 Å². The summed E-state index contributed by atoms with van der Waals surface area (Å²) >= 11 is 0. The normalized spacial score (nSPS) is 9.97. The maximum Gasteiger partial charge on any atom is 0.322 e. The van der Waals surface area contributed by atoms with Crippen LogP contribution in [0, 0.1) is 18.6 Å². The Bertz CT molecular complexity index is 1440. The summed E-state index contributed by atoms with van der Waals surface area (Å²) in [5.41, 5.74) is 8.82. The summed E-state index contributed by atoms with van der Waals surface area (Å²) in [6, 6.07) is 11.4. The molecule has 40 heavy (non-hydrogen) atoms. The Morgan fingerprint density at radius 3 is 1.98 bits per heavy atom. The molecule has 1 amide bonds. The number of aryl methyl sites for hydroxylation is 1. The lowest BCUT2D eigenvalue weighted by Gasteiger charge is -2.15. The van der Waals surface area contributed by atoms with Crippen molar-refractivity contribution >= 4 is 28.6 Å². The molecule has 0 aliphatic carbocycles. The topological polar surface area (TPSA) is 137 Å². The fourth-order valence-corrected chi connectivity index (χ4v) is 3.56. The van der Waals surface area contributed by atoms with Crippen LogP contribution < -0.4 is 20.5 Å². The number of hydrogen-bond acceptors (Lipinski definition) is 7. The van der Waals surface area contributed by atoms with E-state index in [2.05, 4.69) is 23.8 Å². The molecule has 0 atom stereocenters. The SMILES string of the molecule is CCC.COc1cccc(OC)c1-c1ccc(C)c2nccnc12.Nc1cc(F)c(C(=O)NCC(=O)O)c(F)c1. The van der Waals surface area contributed by atoms with Crippen LogP contribution in [0.25, 0.3) is 22.2 Å². The van der Waals surface area contributed by atoms with E-state index in [-0.39, 0.29) is 5.69 Å². The number of carboxylic acids is 1. The van der Waals surface area contributed by atoms with Crippen LogP contribution in [0.15, 0.2) is 54.9 Å². The Morgan fingerprint density at radius 1 is 0.950 bits per heavy atom. The smallest absolute Gasteiger partial charge is 0.322 e. The van der Waals surface area contributed by atoms with Crippen LogP contribution in [0.1, 0.15) is 36.2 Å². The molecule has 3 aromatic carbocycles. The Morgan fingerprint density at radius 2 is 1.48 bits per heavy atom. The molecule has 4 N–H and O–H groups in total. The summed E-state index contributed by atoms with van der Waals surface area (Å²) in [4.78, 5) is 30.3. The molecule has 4 rings (SSSR count). The zero-order valence-electron chi connectivity index (χ0n) is 22.9. The Kier molecular flexibility index (Phi) is 11.7. The second kappa shape index (κ2) is 15.0. The van der Waals surface area contributed by atoms with Crippen molar-refractivity contribution in [2.24, 2.45) is 0 Å². The number of carbonyl (C=O) groups is 2. The lowest BCUT2D eigenvalue weighted by Crippen LogP contribution is -2.30. The number of aliphatic carboxylic acids is 1. The van der Waals surface area contributed by atoms with Crippen LogP contribution in [0.2, 0.25) is 0 Å². The number of benzene rings is 3. The lowest BCUT2D eigenvalue weighted by molar-refractivity contribution is -0.135. The molecule has 0 aliphatic heterocycles. The van der Waals surface area contributed by atoms with Gasteiger partial charge in [0.15, 0.2) is 0 Å². The third-order valence-electron chi connectivity index (χ3n) is 5.22. The molecular formula is C29H32F2N4O5. The van der Waals surface area contributed by atoms with Gasteiger partial charge in [0.25, 0.3) is 5.91 Å². The fraction of sp³-hybridized carbons (Fsp3) is 0.241. The number of nitrogens with one attached hydrogen (secondary N) is 1. The summed E-state index contributed by atoms with van der Waals surface area (Å²) in [6.45, 7) is 5.56. The number of anilines is 1. The number of halogens is 2. The summed E-state index contributed by atoms with van der Waals surface area (Å²) < 4.78 is 37.3. The first-order chi connectivity index (χ1) is 19.1. The molecule has 0 fully saturated rings. The first kappa shape index (κ1) is 31.4. The summed E-state index contributed by atoms with van der Waals surface area (Å²) in [5, 5.41) is 10.1. The van der Waals surface area contributed by atoms with Crippen molar-refractivity contribution in [2.45, 2.75) is 27.2 Å². The Balaban J connectivity index is 0.000000264. The van der Waals surface area contributed by atoms with Gasteiger partial charge in [-0.15, -0.1) is 0 Å². The number of nitrogens with two attached hydrogens (primary N) is 1. The van der Waals surface area contributed by atoms with Crippen LogP contribution in [0.4, 0.5) is 14.5 Å². The Hall–Kier alpha value is -4.80. The number of nitrogens with zero attached hydrogens (tertiary/aromatic N) is 2. The molecule has 1 heterocycles. The number of amides is 1. The number of methoxy groups -OCH3 is 2.